The van der Waals surface area contributed by atoms with Crippen LogP contribution in [0.3, 0.4) is 0 Å². The number of rotatable bonds is 2. The third-order valence-electron chi connectivity index (χ3n) is 2.34. The zero-order valence-corrected chi connectivity index (χ0v) is 8.45. The number of fused-ring (bicyclic) bond motifs is 1. The highest BCUT2D eigenvalue weighted by atomic mass is 16.5. The van der Waals surface area contributed by atoms with Crippen LogP contribution >= 0.6 is 0 Å². The molecule has 0 saturated heterocycles. The molecule has 0 saturated carbocycles. The van der Waals surface area contributed by atoms with Crippen LogP contribution in [0, 0.1) is 0 Å². The molecule has 0 aliphatic carbocycles. The molecule has 0 bridgehead atoms. The lowest BCUT2D eigenvalue weighted by atomic mass is 10.1. The second kappa shape index (κ2) is 3.66. The van der Waals surface area contributed by atoms with Gasteiger partial charge in [-0.3, -0.25) is 0 Å². The summed E-state index contributed by atoms with van der Waals surface area (Å²) in [5, 5.41) is 2.41. The molecule has 0 atom stereocenters. The van der Waals surface area contributed by atoms with Gasteiger partial charge in [0.1, 0.15) is 0 Å². The lowest BCUT2D eigenvalue weighted by Gasteiger charge is -2.06. The first-order chi connectivity index (χ1) is 6.85. The maximum absolute atomic E-state index is 5.15. The number of hydrogen-bond donors (Lipinski definition) is 0. The largest absolute Gasteiger partial charge is 0.481 e. The Morgan fingerprint density at radius 3 is 2.79 bits per heavy atom. The molecule has 1 aromatic heterocycles. The molecule has 2 heteroatoms. The van der Waals surface area contributed by atoms with Gasteiger partial charge < -0.3 is 4.74 Å². The Morgan fingerprint density at radius 2 is 2.07 bits per heavy atom. The number of aromatic nitrogens is 1. The van der Waals surface area contributed by atoms with Crippen LogP contribution in [0.1, 0.15) is 12.6 Å². The maximum Gasteiger partial charge on any atom is 0.213 e. The first-order valence-electron chi connectivity index (χ1n) is 4.77. The first-order valence-corrected chi connectivity index (χ1v) is 4.77. The van der Waals surface area contributed by atoms with Gasteiger partial charge in [0.25, 0.3) is 0 Å². The van der Waals surface area contributed by atoms with E-state index in [0.29, 0.717) is 5.88 Å². The van der Waals surface area contributed by atoms with Crippen molar-refractivity contribution in [3.05, 3.63) is 36.0 Å². The predicted octanol–water partition coefficient (Wildman–Crippen LogP) is 2.81. The van der Waals surface area contributed by atoms with Crippen molar-refractivity contribution in [2.45, 2.75) is 13.3 Å². The molecule has 0 aliphatic rings. The van der Waals surface area contributed by atoms with Crippen molar-refractivity contribution in [1.82, 2.24) is 4.98 Å². The molecule has 0 spiro atoms. The zero-order chi connectivity index (χ0) is 9.97. The summed E-state index contributed by atoms with van der Waals surface area (Å²) >= 11 is 0. The van der Waals surface area contributed by atoms with E-state index in [4.69, 9.17) is 4.74 Å². The molecular weight excluding hydrogens is 174 g/mol. The molecule has 0 unspecified atom stereocenters. The number of pyridine rings is 1. The van der Waals surface area contributed by atoms with E-state index >= 15 is 0 Å². The molecule has 2 aromatic rings. The molecule has 0 radical (unpaired) electrons. The third kappa shape index (κ3) is 1.43. The summed E-state index contributed by atoms with van der Waals surface area (Å²) in [5.74, 6) is 0.695. The average molecular weight is 187 g/mol. The smallest absolute Gasteiger partial charge is 0.213 e. The van der Waals surface area contributed by atoms with Gasteiger partial charge in [0.05, 0.1) is 12.8 Å². The van der Waals surface area contributed by atoms with Gasteiger partial charge in [0.15, 0.2) is 0 Å². The summed E-state index contributed by atoms with van der Waals surface area (Å²) in [6, 6.07) is 10.2. The van der Waals surface area contributed by atoms with E-state index in [2.05, 4.69) is 24.0 Å². The highest BCUT2D eigenvalue weighted by Gasteiger charge is 2.03. The van der Waals surface area contributed by atoms with Crippen LogP contribution in [0.4, 0.5) is 0 Å². The van der Waals surface area contributed by atoms with E-state index in [1.54, 1.807) is 7.11 Å². The summed E-state index contributed by atoms with van der Waals surface area (Å²) in [7, 11) is 1.65. The van der Waals surface area contributed by atoms with Crippen LogP contribution in [0.5, 0.6) is 5.88 Å². The molecule has 0 amide bonds. The highest BCUT2D eigenvalue weighted by Crippen LogP contribution is 2.21. The van der Waals surface area contributed by atoms with Crippen LogP contribution in [0.25, 0.3) is 10.8 Å². The van der Waals surface area contributed by atoms with E-state index in [-0.39, 0.29) is 0 Å². The Labute approximate surface area is 83.5 Å². The van der Waals surface area contributed by atoms with Crippen LogP contribution in [0.15, 0.2) is 30.3 Å². The topological polar surface area (TPSA) is 22.1 Å². The van der Waals surface area contributed by atoms with Crippen LogP contribution in [0.2, 0.25) is 0 Å². The SMILES string of the molecule is CCc1nc(OC)cc2ccccc12. The molecule has 0 aliphatic heterocycles. The predicted molar refractivity (Wildman–Crippen MR) is 57.7 cm³/mol. The van der Waals surface area contributed by atoms with Gasteiger partial charge in [-0.1, -0.05) is 31.2 Å². The van der Waals surface area contributed by atoms with E-state index in [9.17, 15) is 0 Å². The third-order valence-corrected chi connectivity index (χ3v) is 2.34. The average Bonchev–Trinajstić information content (AvgIpc) is 2.27. The standard InChI is InChI=1S/C12H13NO/c1-3-11-10-7-5-4-6-9(10)8-12(13-11)14-2/h4-8H,3H2,1-2H3. The number of aryl methyl sites for hydroxylation is 1. The normalized spacial score (nSPS) is 10.4. The van der Waals surface area contributed by atoms with Crippen molar-refractivity contribution in [1.29, 1.82) is 0 Å². The van der Waals surface area contributed by atoms with Crippen LogP contribution < -0.4 is 4.74 Å². The number of ether oxygens (including phenoxy) is 1. The number of nitrogens with zero attached hydrogens (tertiary/aromatic N) is 1. The van der Waals surface area contributed by atoms with E-state index in [1.165, 1.54) is 10.8 Å². The summed E-state index contributed by atoms with van der Waals surface area (Å²) in [6.07, 6.45) is 0.928. The number of hydrogen-bond acceptors (Lipinski definition) is 2. The minimum absolute atomic E-state index is 0.695. The summed E-state index contributed by atoms with van der Waals surface area (Å²) in [5.41, 5.74) is 1.10. The molecule has 1 heterocycles. The van der Waals surface area contributed by atoms with Crippen LogP contribution in [-0.4, -0.2) is 12.1 Å². The Morgan fingerprint density at radius 1 is 1.29 bits per heavy atom. The van der Waals surface area contributed by atoms with Crippen molar-refractivity contribution in [2.24, 2.45) is 0 Å². The van der Waals surface area contributed by atoms with Crippen molar-refractivity contribution in [3.63, 3.8) is 0 Å². The molecule has 1 aromatic carbocycles. The maximum atomic E-state index is 5.15. The van der Waals surface area contributed by atoms with Gasteiger partial charge in [0, 0.05) is 11.5 Å². The molecule has 14 heavy (non-hydrogen) atoms. The number of methoxy groups -OCH3 is 1. The quantitative estimate of drug-likeness (QED) is 0.721. The van der Waals surface area contributed by atoms with Gasteiger partial charge in [-0.05, 0) is 11.8 Å². The lowest BCUT2D eigenvalue weighted by molar-refractivity contribution is 0.397. The first kappa shape index (κ1) is 9.00. The number of benzene rings is 1. The minimum Gasteiger partial charge on any atom is -0.481 e. The van der Waals surface area contributed by atoms with Crippen molar-refractivity contribution >= 4 is 10.8 Å². The fraction of sp³-hybridized carbons (Fsp3) is 0.250. The second-order valence-electron chi connectivity index (χ2n) is 3.19. The van der Waals surface area contributed by atoms with E-state index < -0.39 is 0 Å². The van der Waals surface area contributed by atoms with Gasteiger partial charge in [0.2, 0.25) is 5.88 Å². The van der Waals surface area contributed by atoms with Gasteiger partial charge in [-0.2, -0.15) is 0 Å². The summed E-state index contributed by atoms with van der Waals surface area (Å²) < 4.78 is 5.15. The Hall–Kier alpha value is -1.57. The lowest BCUT2D eigenvalue weighted by Crippen LogP contribution is -1.93. The van der Waals surface area contributed by atoms with Crippen molar-refractivity contribution < 1.29 is 4.74 Å². The minimum atomic E-state index is 0.695. The van der Waals surface area contributed by atoms with Crippen molar-refractivity contribution in [2.75, 3.05) is 7.11 Å². The fourth-order valence-corrected chi connectivity index (χ4v) is 1.62. The monoisotopic (exact) mass is 187 g/mol. The molecule has 72 valence electrons. The van der Waals surface area contributed by atoms with Gasteiger partial charge in [-0.15, -0.1) is 0 Å². The van der Waals surface area contributed by atoms with Gasteiger partial charge >= 0.3 is 0 Å². The Balaban J connectivity index is 2.73. The van der Waals surface area contributed by atoms with E-state index in [0.717, 1.165) is 12.1 Å². The molecular formula is C12H13NO. The van der Waals surface area contributed by atoms with E-state index in [1.807, 2.05) is 18.2 Å². The van der Waals surface area contributed by atoms with Crippen LogP contribution in [-0.2, 0) is 6.42 Å². The van der Waals surface area contributed by atoms with Gasteiger partial charge in [-0.25, -0.2) is 4.98 Å². The molecule has 2 nitrogen and oxygen atoms in total. The highest BCUT2D eigenvalue weighted by molar-refractivity contribution is 5.85. The van der Waals surface area contributed by atoms with Crippen molar-refractivity contribution in [3.8, 4) is 5.88 Å². The summed E-state index contributed by atoms with van der Waals surface area (Å²) in [6.45, 7) is 2.11. The molecule has 0 fully saturated rings. The summed E-state index contributed by atoms with van der Waals surface area (Å²) in [4.78, 5) is 4.42. The Bertz CT molecular complexity index is 451. The zero-order valence-electron chi connectivity index (χ0n) is 8.45. The second-order valence-corrected chi connectivity index (χ2v) is 3.19. The molecule has 0 N–H and O–H groups in total. The molecule has 2 rings (SSSR count). The fourth-order valence-electron chi connectivity index (χ4n) is 1.62. The Kier molecular flexibility index (Phi) is 2.35.